The van der Waals surface area contributed by atoms with Gasteiger partial charge in [0.25, 0.3) is 0 Å². The van der Waals surface area contributed by atoms with Crippen LogP contribution in [0.4, 0.5) is 0 Å². The second kappa shape index (κ2) is 5.27. The van der Waals surface area contributed by atoms with Gasteiger partial charge in [0.2, 0.25) is 5.79 Å². The standard InChI is InChI=1S/C12H19NO4/c1-15-12(16-2)4-3-10(14)9-11(12)13-5-7-17-8-6-13/h3-4,11H,5-9H2,1-2H3. The summed E-state index contributed by atoms with van der Waals surface area (Å²) in [4.78, 5) is 13.8. The Morgan fingerprint density at radius 2 is 2.00 bits per heavy atom. The molecule has 1 atom stereocenters. The first-order valence-corrected chi connectivity index (χ1v) is 5.86. The number of nitrogens with zero attached hydrogens (tertiary/aromatic N) is 1. The molecule has 17 heavy (non-hydrogen) atoms. The third-order valence-electron chi connectivity index (χ3n) is 3.49. The van der Waals surface area contributed by atoms with E-state index in [1.54, 1.807) is 26.4 Å². The van der Waals surface area contributed by atoms with Crippen molar-refractivity contribution in [1.29, 1.82) is 0 Å². The average Bonchev–Trinajstić information content (AvgIpc) is 2.40. The maximum absolute atomic E-state index is 11.6. The fourth-order valence-corrected chi connectivity index (χ4v) is 2.49. The van der Waals surface area contributed by atoms with Crippen molar-refractivity contribution in [1.82, 2.24) is 4.90 Å². The number of hydrogen-bond acceptors (Lipinski definition) is 5. The zero-order valence-electron chi connectivity index (χ0n) is 10.3. The molecule has 0 radical (unpaired) electrons. The van der Waals surface area contributed by atoms with Gasteiger partial charge in [0, 0.05) is 33.7 Å². The van der Waals surface area contributed by atoms with Gasteiger partial charge < -0.3 is 14.2 Å². The lowest BCUT2D eigenvalue weighted by molar-refractivity contribution is -0.219. The Hall–Kier alpha value is -0.750. The predicted molar refractivity (Wildman–Crippen MR) is 61.7 cm³/mol. The molecule has 1 unspecified atom stereocenters. The summed E-state index contributed by atoms with van der Waals surface area (Å²) in [5.41, 5.74) is 0. The number of morpholine rings is 1. The zero-order valence-corrected chi connectivity index (χ0v) is 10.3. The van der Waals surface area contributed by atoms with E-state index in [2.05, 4.69) is 4.90 Å². The fraction of sp³-hybridized carbons (Fsp3) is 0.750. The van der Waals surface area contributed by atoms with E-state index in [-0.39, 0.29) is 11.8 Å². The summed E-state index contributed by atoms with van der Waals surface area (Å²) in [6.07, 6.45) is 3.70. The molecule has 2 aliphatic rings. The highest BCUT2D eigenvalue weighted by atomic mass is 16.7. The van der Waals surface area contributed by atoms with E-state index in [1.807, 2.05) is 0 Å². The maximum atomic E-state index is 11.6. The van der Waals surface area contributed by atoms with Crippen molar-refractivity contribution in [3.8, 4) is 0 Å². The summed E-state index contributed by atoms with van der Waals surface area (Å²) < 4.78 is 16.3. The molecule has 0 bridgehead atoms. The average molecular weight is 241 g/mol. The van der Waals surface area contributed by atoms with E-state index in [0.29, 0.717) is 19.6 Å². The van der Waals surface area contributed by atoms with Crippen LogP contribution in [0.15, 0.2) is 12.2 Å². The lowest BCUT2D eigenvalue weighted by Crippen LogP contribution is -2.58. The Morgan fingerprint density at radius 1 is 1.35 bits per heavy atom. The summed E-state index contributed by atoms with van der Waals surface area (Å²) in [6, 6.07) is -0.0705. The third-order valence-corrected chi connectivity index (χ3v) is 3.49. The Labute approximate surface area is 101 Å². The van der Waals surface area contributed by atoms with Crippen LogP contribution in [0.2, 0.25) is 0 Å². The molecule has 1 aliphatic carbocycles. The Morgan fingerprint density at radius 3 is 2.59 bits per heavy atom. The minimum Gasteiger partial charge on any atom is -0.379 e. The molecular formula is C12H19NO4. The first kappa shape index (κ1) is 12.7. The van der Waals surface area contributed by atoms with Gasteiger partial charge in [-0.25, -0.2) is 0 Å². The van der Waals surface area contributed by atoms with Gasteiger partial charge in [-0.2, -0.15) is 0 Å². The number of rotatable bonds is 3. The smallest absolute Gasteiger partial charge is 0.204 e. The molecular weight excluding hydrogens is 222 g/mol. The summed E-state index contributed by atoms with van der Waals surface area (Å²) in [7, 11) is 3.22. The fourth-order valence-electron chi connectivity index (χ4n) is 2.49. The van der Waals surface area contributed by atoms with Gasteiger partial charge in [-0.05, 0) is 12.2 Å². The van der Waals surface area contributed by atoms with E-state index < -0.39 is 5.79 Å². The van der Waals surface area contributed by atoms with E-state index in [0.717, 1.165) is 13.1 Å². The monoisotopic (exact) mass is 241 g/mol. The van der Waals surface area contributed by atoms with E-state index in [1.165, 1.54) is 0 Å². The van der Waals surface area contributed by atoms with Crippen molar-refractivity contribution in [3.63, 3.8) is 0 Å². The van der Waals surface area contributed by atoms with Crippen molar-refractivity contribution in [2.45, 2.75) is 18.2 Å². The quantitative estimate of drug-likeness (QED) is 0.661. The molecule has 1 fully saturated rings. The van der Waals surface area contributed by atoms with Gasteiger partial charge in [0.05, 0.1) is 19.3 Å². The van der Waals surface area contributed by atoms with Crippen LogP contribution in [0.1, 0.15) is 6.42 Å². The Bertz CT molecular complexity index is 306. The molecule has 1 aliphatic heterocycles. The second-order valence-corrected chi connectivity index (χ2v) is 4.30. The van der Waals surface area contributed by atoms with Crippen LogP contribution in [0.25, 0.3) is 0 Å². The number of hydrogen-bond donors (Lipinski definition) is 0. The maximum Gasteiger partial charge on any atom is 0.204 e. The molecule has 5 heteroatoms. The molecule has 96 valence electrons. The molecule has 0 aromatic heterocycles. The van der Waals surface area contributed by atoms with E-state index in [4.69, 9.17) is 14.2 Å². The Balaban J connectivity index is 2.21. The highest BCUT2D eigenvalue weighted by Gasteiger charge is 2.44. The predicted octanol–water partition coefficient (Wildman–Crippen LogP) is 0.205. The molecule has 1 saturated heterocycles. The number of ketones is 1. The lowest BCUT2D eigenvalue weighted by Gasteiger charge is -2.44. The minimum absolute atomic E-state index is 0.0705. The van der Waals surface area contributed by atoms with Crippen molar-refractivity contribution < 1.29 is 19.0 Å². The number of carbonyl (C=O) groups is 1. The summed E-state index contributed by atoms with van der Waals surface area (Å²) >= 11 is 0. The largest absolute Gasteiger partial charge is 0.379 e. The molecule has 5 nitrogen and oxygen atoms in total. The van der Waals surface area contributed by atoms with Crippen LogP contribution in [0.3, 0.4) is 0 Å². The third kappa shape index (κ3) is 2.42. The topological polar surface area (TPSA) is 48.0 Å². The van der Waals surface area contributed by atoms with Crippen LogP contribution in [-0.2, 0) is 19.0 Å². The first-order valence-electron chi connectivity index (χ1n) is 5.86. The van der Waals surface area contributed by atoms with Crippen LogP contribution < -0.4 is 0 Å². The SMILES string of the molecule is COC1(OC)C=CC(=O)CC1N1CCOCC1. The lowest BCUT2D eigenvalue weighted by atomic mass is 9.92. The van der Waals surface area contributed by atoms with Gasteiger partial charge in [0.15, 0.2) is 5.78 Å². The number of carbonyl (C=O) groups excluding carboxylic acids is 1. The van der Waals surface area contributed by atoms with Gasteiger partial charge in [-0.1, -0.05) is 0 Å². The van der Waals surface area contributed by atoms with Crippen molar-refractivity contribution in [2.24, 2.45) is 0 Å². The molecule has 0 aromatic carbocycles. The molecule has 0 N–H and O–H groups in total. The summed E-state index contributed by atoms with van der Waals surface area (Å²) in [6.45, 7) is 3.00. The zero-order chi connectivity index (χ0) is 12.3. The summed E-state index contributed by atoms with van der Waals surface area (Å²) in [5.74, 6) is -0.697. The summed E-state index contributed by atoms with van der Waals surface area (Å²) in [5, 5.41) is 0. The molecule has 2 rings (SSSR count). The Kier molecular flexibility index (Phi) is 3.93. The normalized spacial score (nSPS) is 29.5. The van der Waals surface area contributed by atoms with Crippen molar-refractivity contribution in [2.75, 3.05) is 40.5 Å². The van der Waals surface area contributed by atoms with Gasteiger partial charge in [-0.3, -0.25) is 9.69 Å². The molecule has 0 amide bonds. The van der Waals surface area contributed by atoms with Crippen molar-refractivity contribution >= 4 is 5.78 Å². The number of allylic oxidation sites excluding steroid dienone is 1. The second-order valence-electron chi connectivity index (χ2n) is 4.30. The van der Waals surface area contributed by atoms with Gasteiger partial charge in [0.1, 0.15) is 0 Å². The molecule has 0 saturated carbocycles. The van der Waals surface area contributed by atoms with Crippen LogP contribution in [0, 0.1) is 0 Å². The highest BCUT2D eigenvalue weighted by molar-refractivity contribution is 5.91. The molecule has 1 heterocycles. The first-order chi connectivity index (χ1) is 8.22. The van der Waals surface area contributed by atoms with E-state index >= 15 is 0 Å². The van der Waals surface area contributed by atoms with Crippen LogP contribution in [0.5, 0.6) is 0 Å². The number of ether oxygens (including phenoxy) is 3. The van der Waals surface area contributed by atoms with Gasteiger partial charge >= 0.3 is 0 Å². The molecule has 0 spiro atoms. The van der Waals surface area contributed by atoms with Crippen molar-refractivity contribution in [3.05, 3.63) is 12.2 Å². The van der Waals surface area contributed by atoms with Gasteiger partial charge in [-0.15, -0.1) is 0 Å². The molecule has 0 aromatic rings. The van der Waals surface area contributed by atoms with Crippen LogP contribution >= 0.6 is 0 Å². The highest BCUT2D eigenvalue weighted by Crippen LogP contribution is 2.30. The minimum atomic E-state index is -0.814. The van der Waals surface area contributed by atoms with E-state index in [9.17, 15) is 4.79 Å². The number of methoxy groups -OCH3 is 2. The van der Waals surface area contributed by atoms with Crippen LogP contribution in [-0.4, -0.2) is 63.0 Å².